The number of carbonyl (C=O) groups is 1. The molecule has 3 heterocycles. The average Bonchev–Trinajstić information content (AvgIpc) is 2.61. The van der Waals surface area contributed by atoms with E-state index in [0.29, 0.717) is 25.0 Å². The molecule has 138 valence electrons. The van der Waals surface area contributed by atoms with Gasteiger partial charge in [0.1, 0.15) is 11.4 Å². The lowest BCUT2D eigenvalue weighted by Crippen LogP contribution is -2.49. The molecule has 0 radical (unpaired) electrons. The van der Waals surface area contributed by atoms with Gasteiger partial charge in [0.05, 0.1) is 0 Å². The molecule has 0 saturated carbocycles. The summed E-state index contributed by atoms with van der Waals surface area (Å²) in [5.41, 5.74) is -0.424. The Kier molecular flexibility index (Phi) is 5.53. The Morgan fingerprint density at radius 2 is 1.84 bits per heavy atom. The zero-order chi connectivity index (χ0) is 18.0. The molecule has 2 fully saturated rings. The van der Waals surface area contributed by atoms with Crippen molar-refractivity contribution in [3.05, 3.63) is 27.9 Å². The van der Waals surface area contributed by atoms with E-state index < -0.39 is 0 Å². The number of nitrogens with zero attached hydrogens (tertiary/aromatic N) is 3. The van der Waals surface area contributed by atoms with Crippen LogP contribution in [-0.2, 0) is 5.41 Å². The molecule has 3 rings (SSSR count). The molecule has 2 saturated heterocycles. The van der Waals surface area contributed by atoms with Crippen molar-refractivity contribution in [2.75, 3.05) is 37.7 Å². The Bertz CT molecular complexity index is 668. The van der Waals surface area contributed by atoms with E-state index in [1.807, 2.05) is 32.5 Å². The first-order chi connectivity index (χ1) is 11.9. The quantitative estimate of drug-likeness (QED) is 0.865. The number of H-pyrrole nitrogens is 1. The predicted molar refractivity (Wildman–Crippen MR) is 101 cm³/mol. The molecule has 0 aromatic carbocycles. The summed E-state index contributed by atoms with van der Waals surface area (Å²) < 4.78 is 0. The number of piperidine rings is 1. The van der Waals surface area contributed by atoms with Gasteiger partial charge in [-0.25, -0.2) is 4.98 Å². The molecule has 0 aliphatic carbocycles. The fourth-order valence-electron chi connectivity index (χ4n) is 3.48. The van der Waals surface area contributed by atoms with Gasteiger partial charge in [-0.05, 0) is 12.8 Å². The van der Waals surface area contributed by atoms with Crippen LogP contribution in [0.4, 0.5) is 0 Å². The van der Waals surface area contributed by atoms with Crippen LogP contribution in [0.5, 0.6) is 0 Å². The first-order valence-electron chi connectivity index (χ1n) is 9.07. The Balaban J connectivity index is 1.63. The zero-order valence-electron chi connectivity index (χ0n) is 15.4. The highest BCUT2D eigenvalue weighted by Crippen LogP contribution is 2.21. The first kappa shape index (κ1) is 18.5. The van der Waals surface area contributed by atoms with E-state index in [9.17, 15) is 9.59 Å². The highest BCUT2D eigenvalue weighted by molar-refractivity contribution is 7.99. The molecule has 0 unspecified atom stereocenters. The van der Waals surface area contributed by atoms with Gasteiger partial charge in [-0.15, -0.1) is 0 Å². The molecule has 0 atom stereocenters. The first-order valence-corrected chi connectivity index (χ1v) is 10.2. The lowest BCUT2D eigenvalue weighted by molar-refractivity contribution is 0.0628. The van der Waals surface area contributed by atoms with E-state index in [0.717, 1.165) is 25.9 Å². The van der Waals surface area contributed by atoms with Gasteiger partial charge in [-0.1, -0.05) is 20.8 Å². The lowest BCUT2D eigenvalue weighted by atomic mass is 9.95. The van der Waals surface area contributed by atoms with Gasteiger partial charge in [-0.2, -0.15) is 11.8 Å². The van der Waals surface area contributed by atoms with Crippen molar-refractivity contribution in [2.24, 2.45) is 0 Å². The number of thioether (sulfide) groups is 1. The molecular formula is C18H28N4O2S. The molecule has 6 nitrogen and oxygen atoms in total. The maximum Gasteiger partial charge on any atom is 0.263 e. The zero-order valence-corrected chi connectivity index (χ0v) is 16.2. The third-order valence-electron chi connectivity index (χ3n) is 5.05. The van der Waals surface area contributed by atoms with Gasteiger partial charge in [-0.3, -0.25) is 14.5 Å². The van der Waals surface area contributed by atoms with Crippen LogP contribution >= 0.6 is 11.8 Å². The van der Waals surface area contributed by atoms with Crippen LogP contribution in [0.3, 0.4) is 0 Å². The second-order valence-corrected chi connectivity index (χ2v) is 9.12. The van der Waals surface area contributed by atoms with Gasteiger partial charge in [0, 0.05) is 55.3 Å². The number of carbonyl (C=O) groups excluding carboxylic acids is 1. The van der Waals surface area contributed by atoms with Crippen LogP contribution < -0.4 is 5.56 Å². The molecule has 0 spiro atoms. The lowest BCUT2D eigenvalue weighted by Gasteiger charge is -2.40. The largest absolute Gasteiger partial charge is 0.338 e. The monoisotopic (exact) mass is 364 g/mol. The molecule has 1 N–H and O–H groups in total. The molecule has 0 bridgehead atoms. The molecule has 25 heavy (non-hydrogen) atoms. The summed E-state index contributed by atoms with van der Waals surface area (Å²) >= 11 is 2.02. The van der Waals surface area contributed by atoms with Crippen LogP contribution in [0.1, 0.15) is 49.8 Å². The maximum absolute atomic E-state index is 12.7. The van der Waals surface area contributed by atoms with Crippen LogP contribution in [0.2, 0.25) is 0 Å². The molecule has 2 aliphatic rings. The minimum Gasteiger partial charge on any atom is -0.338 e. The van der Waals surface area contributed by atoms with Crippen molar-refractivity contribution in [1.29, 1.82) is 0 Å². The summed E-state index contributed by atoms with van der Waals surface area (Å²) in [7, 11) is 0. The molecule has 1 aromatic rings. The van der Waals surface area contributed by atoms with E-state index in [4.69, 9.17) is 0 Å². The number of aromatic nitrogens is 2. The predicted octanol–water partition coefficient (Wildman–Crippen LogP) is 1.72. The summed E-state index contributed by atoms with van der Waals surface area (Å²) in [5, 5.41) is 0. The van der Waals surface area contributed by atoms with Crippen molar-refractivity contribution in [2.45, 2.75) is 45.1 Å². The Hall–Kier alpha value is -1.34. The number of aromatic amines is 1. The Morgan fingerprint density at radius 1 is 1.20 bits per heavy atom. The standard InChI is InChI=1S/C18H28N4O2S/c1-18(2,3)17-19-12-14(15(23)20-17)16(24)22-6-4-13(5-7-22)21-8-10-25-11-9-21/h12-13H,4-11H2,1-3H3,(H,19,20,23). The molecule has 2 aliphatic heterocycles. The SMILES string of the molecule is CC(C)(C)c1ncc(C(=O)N2CCC(N3CCSCC3)CC2)c(=O)[nH]1. The third-order valence-corrected chi connectivity index (χ3v) is 6.00. The summed E-state index contributed by atoms with van der Waals surface area (Å²) in [6, 6.07) is 0.574. The van der Waals surface area contributed by atoms with Crippen molar-refractivity contribution in [3.8, 4) is 0 Å². The van der Waals surface area contributed by atoms with E-state index in [-0.39, 0.29) is 22.4 Å². The molecular weight excluding hydrogens is 336 g/mol. The number of hydrogen-bond donors (Lipinski definition) is 1. The van der Waals surface area contributed by atoms with Gasteiger partial charge < -0.3 is 9.88 Å². The van der Waals surface area contributed by atoms with Crippen molar-refractivity contribution in [1.82, 2.24) is 19.8 Å². The number of rotatable bonds is 2. The van der Waals surface area contributed by atoms with Crippen LogP contribution in [0.15, 0.2) is 11.0 Å². The summed E-state index contributed by atoms with van der Waals surface area (Å²) in [5.74, 6) is 2.83. The summed E-state index contributed by atoms with van der Waals surface area (Å²) in [6.07, 6.45) is 3.42. The fourth-order valence-corrected chi connectivity index (χ4v) is 4.41. The highest BCUT2D eigenvalue weighted by Gasteiger charge is 2.29. The van der Waals surface area contributed by atoms with E-state index in [2.05, 4.69) is 14.9 Å². The normalized spacial score (nSPS) is 20.7. The average molecular weight is 365 g/mol. The van der Waals surface area contributed by atoms with Gasteiger partial charge >= 0.3 is 0 Å². The van der Waals surface area contributed by atoms with E-state index >= 15 is 0 Å². The number of nitrogens with one attached hydrogen (secondary N) is 1. The fraction of sp³-hybridized carbons (Fsp3) is 0.722. The van der Waals surface area contributed by atoms with Crippen molar-refractivity contribution < 1.29 is 4.79 Å². The van der Waals surface area contributed by atoms with E-state index in [1.54, 1.807) is 4.90 Å². The van der Waals surface area contributed by atoms with Crippen molar-refractivity contribution >= 4 is 17.7 Å². The topological polar surface area (TPSA) is 69.3 Å². The smallest absolute Gasteiger partial charge is 0.263 e. The summed E-state index contributed by atoms with van der Waals surface area (Å²) in [6.45, 7) is 9.69. The molecule has 1 amide bonds. The minimum absolute atomic E-state index is 0.154. The van der Waals surface area contributed by atoms with Crippen molar-refractivity contribution in [3.63, 3.8) is 0 Å². The molecule has 1 aromatic heterocycles. The maximum atomic E-state index is 12.7. The van der Waals surface area contributed by atoms with Gasteiger partial charge in [0.15, 0.2) is 0 Å². The van der Waals surface area contributed by atoms with Gasteiger partial charge in [0.25, 0.3) is 11.5 Å². The van der Waals surface area contributed by atoms with E-state index in [1.165, 1.54) is 17.7 Å². The van der Waals surface area contributed by atoms with Gasteiger partial charge in [0.2, 0.25) is 0 Å². The number of likely N-dealkylation sites (tertiary alicyclic amines) is 1. The summed E-state index contributed by atoms with van der Waals surface area (Å²) in [4.78, 5) is 36.5. The second kappa shape index (κ2) is 7.50. The van der Waals surface area contributed by atoms with Crippen LogP contribution in [0.25, 0.3) is 0 Å². The molecule has 7 heteroatoms. The Labute approximate surface area is 153 Å². The van der Waals surface area contributed by atoms with Crippen LogP contribution in [-0.4, -0.2) is 69.4 Å². The second-order valence-electron chi connectivity index (χ2n) is 7.90. The number of amides is 1. The minimum atomic E-state index is -0.333. The van der Waals surface area contributed by atoms with Crippen LogP contribution in [0, 0.1) is 0 Å². The number of hydrogen-bond acceptors (Lipinski definition) is 5. The Morgan fingerprint density at radius 3 is 2.40 bits per heavy atom. The highest BCUT2D eigenvalue weighted by atomic mass is 32.2. The third kappa shape index (κ3) is 4.26.